The molecule has 0 saturated heterocycles. The number of Topliss-reactive ketones (excluding diaryl/α,β-unsaturated/α-hetero) is 1. The minimum absolute atomic E-state index is 0.0858. The van der Waals surface area contributed by atoms with Gasteiger partial charge in [-0.05, 0) is 67.7 Å². The predicted octanol–water partition coefficient (Wildman–Crippen LogP) is 3.46. The Morgan fingerprint density at radius 2 is 1.79 bits per heavy atom. The molecular weight excluding hydrogens is 545 g/mol. The fraction of sp³-hybridized carbons (Fsp3) is 0.562. The largest absolute Gasteiger partial charge is 0.481 e. The zero-order valence-electron chi connectivity index (χ0n) is 24.1. The Bertz CT molecular complexity index is 1370. The summed E-state index contributed by atoms with van der Waals surface area (Å²) >= 11 is 0. The molecule has 1 amide bonds. The number of carboxylic acids is 1. The number of hydrogen-bond donors (Lipinski definition) is 4. The van der Waals surface area contributed by atoms with Gasteiger partial charge in [0, 0.05) is 23.3 Å². The number of ether oxygens (including phenoxy) is 1. The van der Waals surface area contributed by atoms with E-state index in [-0.39, 0.29) is 25.2 Å². The highest BCUT2D eigenvalue weighted by Gasteiger charge is 2.75. The van der Waals surface area contributed by atoms with E-state index in [4.69, 9.17) is 9.84 Å². The molecule has 0 heterocycles. The predicted molar refractivity (Wildman–Crippen MR) is 149 cm³/mol. The number of benzene rings is 1. The molecule has 4 aliphatic rings. The second kappa shape index (κ2) is 10.4. The zero-order chi connectivity index (χ0) is 30.7. The number of halogens is 1. The number of aliphatic hydroxyl groups excluding tert-OH is 1. The summed E-state index contributed by atoms with van der Waals surface area (Å²) in [4.78, 5) is 48.8. The first-order chi connectivity index (χ1) is 19.7. The van der Waals surface area contributed by atoms with Gasteiger partial charge in [0.15, 0.2) is 18.1 Å². The Labute approximate surface area is 243 Å². The smallest absolute Gasteiger partial charge is 0.407 e. The maximum Gasteiger partial charge on any atom is 0.407 e. The molecule has 226 valence electrons. The second-order valence-electron chi connectivity index (χ2n) is 12.9. The molecule has 1 aromatic carbocycles. The van der Waals surface area contributed by atoms with Crippen LogP contribution >= 0.6 is 0 Å². The molecule has 0 aliphatic heterocycles. The third kappa shape index (κ3) is 4.41. The molecule has 5 rings (SSSR count). The number of fused-ring (bicyclic) bond motifs is 5. The summed E-state index contributed by atoms with van der Waals surface area (Å²) < 4.78 is 22.5. The summed E-state index contributed by atoms with van der Waals surface area (Å²) in [6, 6.07) is 6.65. The number of nitrogens with one attached hydrogen (secondary N) is 1. The zero-order valence-corrected chi connectivity index (χ0v) is 24.1. The van der Waals surface area contributed by atoms with Crippen LogP contribution in [-0.4, -0.2) is 62.9 Å². The molecule has 1 aromatic rings. The summed E-state index contributed by atoms with van der Waals surface area (Å²) in [7, 11) is 0. The van der Waals surface area contributed by atoms with Crippen LogP contribution in [0.4, 0.5) is 9.18 Å². The summed E-state index contributed by atoms with van der Waals surface area (Å²) in [5.74, 6) is -3.49. The minimum Gasteiger partial charge on any atom is -0.481 e. The lowest BCUT2D eigenvalue weighted by Gasteiger charge is -2.62. The number of rotatable bonds is 7. The number of aliphatic carboxylic acids is 1. The lowest BCUT2D eigenvalue weighted by Crippen LogP contribution is -2.69. The van der Waals surface area contributed by atoms with Crippen LogP contribution in [0, 0.1) is 28.6 Å². The average Bonchev–Trinajstić information content (AvgIpc) is 3.13. The molecule has 0 bridgehead atoms. The molecule has 0 aromatic heterocycles. The Kier molecular flexibility index (Phi) is 7.46. The number of aliphatic hydroxyl groups is 2. The van der Waals surface area contributed by atoms with Gasteiger partial charge in [-0.1, -0.05) is 49.8 Å². The van der Waals surface area contributed by atoms with Crippen LogP contribution in [0.1, 0.15) is 57.6 Å². The average molecular weight is 584 g/mol. The molecule has 0 spiro atoms. The monoisotopic (exact) mass is 583 g/mol. The standard InChI is InChI=1S/C32H38FNO8/c1-18-12-24-23-9-8-21-14-22(35)10-11-29(21,2)31(23,33)25(36)15-30(24,3)32(18,41)26(37)17-42-28(40)34-16-20-6-4-19(5-7-20)13-27(38)39/h4-7,10-11,14,18,23-25,36,41H,8-9,12-13,15-17H2,1-3H3,(H,34,40)(H,38,39)/t18-,23+,24+,25+,29+,30+,31+,32+/m1/s1. The van der Waals surface area contributed by atoms with Gasteiger partial charge in [0.25, 0.3) is 0 Å². The molecule has 0 radical (unpaired) electrons. The fourth-order valence-corrected chi connectivity index (χ4v) is 8.56. The van der Waals surface area contributed by atoms with Crippen molar-refractivity contribution in [2.75, 3.05) is 6.61 Å². The maximum atomic E-state index is 17.3. The van der Waals surface area contributed by atoms with E-state index < -0.39 is 70.4 Å². The first kappa shape index (κ1) is 30.1. The van der Waals surface area contributed by atoms with Gasteiger partial charge in [-0.3, -0.25) is 14.4 Å². The van der Waals surface area contributed by atoms with E-state index in [1.807, 2.05) is 0 Å². The van der Waals surface area contributed by atoms with Crippen molar-refractivity contribution in [3.05, 3.63) is 59.2 Å². The molecule has 42 heavy (non-hydrogen) atoms. The van der Waals surface area contributed by atoms with Crippen molar-refractivity contribution < 1.29 is 43.6 Å². The number of amides is 1. The first-order valence-electron chi connectivity index (χ1n) is 14.4. The van der Waals surface area contributed by atoms with Gasteiger partial charge >= 0.3 is 12.1 Å². The van der Waals surface area contributed by atoms with E-state index in [2.05, 4.69) is 5.32 Å². The summed E-state index contributed by atoms with van der Waals surface area (Å²) in [5, 5.41) is 34.9. The van der Waals surface area contributed by atoms with Crippen LogP contribution in [0.3, 0.4) is 0 Å². The van der Waals surface area contributed by atoms with Crippen molar-refractivity contribution in [1.82, 2.24) is 5.32 Å². The lowest BCUT2D eigenvalue weighted by atomic mass is 9.44. The van der Waals surface area contributed by atoms with Crippen molar-refractivity contribution >= 4 is 23.6 Å². The first-order valence-corrected chi connectivity index (χ1v) is 14.4. The molecule has 0 unspecified atom stereocenters. The summed E-state index contributed by atoms with van der Waals surface area (Å²) in [6.07, 6.45) is 2.97. The van der Waals surface area contributed by atoms with E-state index in [1.165, 1.54) is 12.2 Å². The van der Waals surface area contributed by atoms with Crippen LogP contribution in [0.25, 0.3) is 0 Å². The van der Waals surface area contributed by atoms with Crippen LogP contribution in [0.2, 0.25) is 0 Å². The van der Waals surface area contributed by atoms with Gasteiger partial charge in [0.05, 0.1) is 12.5 Å². The van der Waals surface area contributed by atoms with Gasteiger partial charge in [-0.25, -0.2) is 9.18 Å². The number of carbonyl (C=O) groups is 4. The van der Waals surface area contributed by atoms with Crippen LogP contribution in [0.5, 0.6) is 0 Å². The second-order valence-corrected chi connectivity index (χ2v) is 12.9. The van der Waals surface area contributed by atoms with Crippen LogP contribution in [-0.2, 0) is 32.1 Å². The van der Waals surface area contributed by atoms with Crippen LogP contribution < -0.4 is 5.32 Å². The molecule has 8 atom stereocenters. The van der Waals surface area contributed by atoms with Crippen molar-refractivity contribution in [1.29, 1.82) is 0 Å². The van der Waals surface area contributed by atoms with Gasteiger partial charge in [0.1, 0.15) is 5.60 Å². The number of carboxylic acid groups (broad SMARTS) is 1. The van der Waals surface area contributed by atoms with Crippen molar-refractivity contribution in [3.63, 3.8) is 0 Å². The fourth-order valence-electron chi connectivity index (χ4n) is 8.56. The quantitative estimate of drug-likeness (QED) is 0.381. The summed E-state index contributed by atoms with van der Waals surface area (Å²) in [6.45, 7) is 4.57. The van der Waals surface area contributed by atoms with E-state index >= 15 is 4.39 Å². The summed E-state index contributed by atoms with van der Waals surface area (Å²) in [5.41, 5.74) is -4.38. The third-order valence-electron chi connectivity index (χ3n) is 10.8. The van der Waals surface area contributed by atoms with Crippen molar-refractivity contribution in [2.24, 2.45) is 28.6 Å². The third-order valence-corrected chi connectivity index (χ3v) is 10.8. The number of hydrogen-bond acceptors (Lipinski definition) is 7. The van der Waals surface area contributed by atoms with Crippen molar-refractivity contribution in [3.8, 4) is 0 Å². The topological polar surface area (TPSA) is 150 Å². The van der Waals surface area contributed by atoms with E-state index in [9.17, 15) is 29.4 Å². The van der Waals surface area contributed by atoms with Gasteiger partial charge in [0.2, 0.25) is 5.78 Å². The number of allylic oxidation sites excluding steroid dienone is 4. The molecule has 4 N–H and O–H groups in total. The molecule has 10 heteroatoms. The van der Waals surface area contributed by atoms with E-state index in [0.717, 1.165) is 0 Å². The molecule has 3 fully saturated rings. The van der Waals surface area contributed by atoms with Gasteiger partial charge in [-0.15, -0.1) is 0 Å². The highest BCUT2D eigenvalue weighted by Crippen LogP contribution is 2.70. The van der Waals surface area contributed by atoms with Gasteiger partial charge < -0.3 is 25.4 Å². The molecular formula is C32H38FNO8. The van der Waals surface area contributed by atoms with Crippen LogP contribution in [0.15, 0.2) is 48.1 Å². The number of alkyl carbamates (subject to hydrolysis) is 1. The highest BCUT2D eigenvalue weighted by atomic mass is 19.1. The Hall–Kier alpha value is -3.37. The maximum absolute atomic E-state index is 17.3. The molecule has 4 aliphatic carbocycles. The number of alkyl halides is 1. The Balaban J connectivity index is 1.28. The SMILES string of the molecule is C[C@@H]1C[C@H]2[C@@H]3CCC4=CC(=O)C=C[C@]4(C)[C@@]3(F)[C@@H](O)C[C@]2(C)[C@@]1(O)C(=O)COC(=O)NCc1ccc(CC(=O)O)cc1. The number of ketones is 2. The minimum atomic E-state index is -2.07. The molecule has 9 nitrogen and oxygen atoms in total. The Morgan fingerprint density at radius 3 is 2.45 bits per heavy atom. The van der Waals surface area contributed by atoms with Gasteiger partial charge in [-0.2, -0.15) is 0 Å². The molecule has 3 saturated carbocycles. The lowest BCUT2D eigenvalue weighted by molar-refractivity contribution is -0.219. The Morgan fingerprint density at radius 1 is 1.12 bits per heavy atom. The number of carbonyl (C=O) groups excluding carboxylic acids is 3. The van der Waals surface area contributed by atoms with Crippen molar-refractivity contribution in [2.45, 2.75) is 76.8 Å². The highest BCUT2D eigenvalue weighted by molar-refractivity contribution is 6.01. The van der Waals surface area contributed by atoms with E-state index in [1.54, 1.807) is 51.1 Å². The van der Waals surface area contributed by atoms with E-state index in [0.29, 0.717) is 36.0 Å². The normalized spacial score (nSPS) is 38.5.